The maximum Gasteiger partial charge on any atom is 0.316 e. The summed E-state index contributed by atoms with van der Waals surface area (Å²) in [5.74, 6) is -3.11. The molecule has 2 saturated heterocycles. The van der Waals surface area contributed by atoms with E-state index >= 15 is 0 Å². The molecule has 256 valence electrons. The largest absolute Gasteiger partial charge is 0.481 e. The third-order valence-electron chi connectivity index (χ3n) is 8.90. The van der Waals surface area contributed by atoms with Crippen molar-refractivity contribution >= 4 is 63.6 Å². The van der Waals surface area contributed by atoms with Crippen LogP contribution in [0.5, 0.6) is 0 Å². The van der Waals surface area contributed by atoms with Gasteiger partial charge in [0, 0.05) is 35.0 Å². The SMILES string of the molecule is O=C(NC1C(=O)N2CC(C=CSc3cccnc3)(C(=O)O)CS[C@H]12)C(=O)c1csc(NC(c2ccccc2)(c2ccccc2)c2ccccc2)n1. The van der Waals surface area contributed by atoms with Crippen molar-refractivity contribution in [1.82, 2.24) is 20.2 Å². The monoisotopic (exact) mass is 733 g/mol. The Balaban J connectivity index is 1.06. The molecule has 5 aromatic rings. The molecule has 51 heavy (non-hydrogen) atoms. The zero-order chi connectivity index (χ0) is 35.4. The molecule has 2 aliphatic heterocycles. The number of anilines is 1. The summed E-state index contributed by atoms with van der Waals surface area (Å²) in [7, 11) is 0. The number of carboxylic acid groups (broad SMARTS) is 1. The minimum absolute atomic E-state index is 0.0453. The number of rotatable bonds is 12. The van der Waals surface area contributed by atoms with Crippen LogP contribution in [0.15, 0.2) is 137 Å². The van der Waals surface area contributed by atoms with Crippen molar-refractivity contribution in [2.75, 3.05) is 17.6 Å². The van der Waals surface area contributed by atoms with Crippen molar-refractivity contribution in [3.05, 3.63) is 155 Å². The molecule has 0 saturated carbocycles. The average Bonchev–Trinajstić information content (AvgIpc) is 3.65. The second-order valence-electron chi connectivity index (χ2n) is 12.0. The van der Waals surface area contributed by atoms with Crippen molar-refractivity contribution in [2.24, 2.45) is 5.41 Å². The van der Waals surface area contributed by atoms with Gasteiger partial charge in [-0.1, -0.05) is 109 Å². The summed E-state index contributed by atoms with van der Waals surface area (Å²) in [6, 6.07) is 32.5. The number of nitrogens with zero attached hydrogens (tertiary/aromatic N) is 3. The number of thioether (sulfide) groups is 2. The van der Waals surface area contributed by atoms with Crippen LogP contribution in [-0.4, -0.2) is 67.3 Å². The van der Waals surface area contributed by atoms with E-state index in [2.05, 4.69) is 20.6 Å². The second kappa shape index (κ2) is 14.5. The van der Waals surface area contributed by atoms with Crippen LogP contribution in [0.4, 0.5) is 5.13 Å². The van der Waals surface area contributed by atoms with Gasteiger partial charge in [0.25, 0.3) is 11.7 Å². The molecular weight excluding hydrogens is 703 g/mol. The standard InChI is InChI=1S/C38H31N5O5S3/c44-31(32(45)41-30-33(46)43-23-37(35(47)48,24-51-34(30)43)18-20-49-28-17-10-19-39-21-28)29-22-50-36(40-29)42-38(25-11-4-1-5-12-25,26-13-6-2-7-14-26)27-15-8-3-9-16-27/h1-22,30,34H,23-24H2,(H,40,42)(H,41,45)(H,47,48)/t30?,34-,37?/m1/s1. The van der Waals surface area contributed by atoms with E-state index in [4.69, 9.17) is 0 Å². The van der Waals surface area contributed by atoms with Crippen LogP contribution in [0.25, 0.3) is 0 Å². The molecule has 2 fully saturated rings. The predicted octanol–water partition coefficient (Wildman–Crippen LogP) is 5.90. The minimum atomic E-state index is -1.30. The Morgan fingerprint density at radius 1 is 0.922 bits per heavy atom. The first kappa shape index (κ1) is 34.2. The van der Waals surface area contributed by atoms with Gasteiger partial charge in [0.2, 0.25) is 5.91 Å². The summed E-state index contributed by atoms with van der Waals surface area (Å²) in [5, 5.41) is 19.5. The summed E-state index contributed by atoms with van der Waals surface area (Å²) in [6.45, 7) is -0.0453. The summed E-state index contributed by atoms with van der Waals surface area (Å²) in [5.41, 5.74) is 0.643. The van der Waals surface area contributed by atoms with Gasteiger partial charge in [0.05, 0.1) is 0 Å². The maximum absolute atomic E-state index is 13.4. The maximum atomic E-state index is 13.4. The van der Waals surface area contributed by atoms with Crippen LogP contribution in [0, 0.1) is 5.41 Å². The number of carboxylic acids is 1. The van der Waals surface area contributed by atoms with E-state index in [0.717, 1.165) is 21.6 Å². The number of β-lactam (4-membered cyclic amide) rings is 1. The number of thiazole rings is 1. The number of pyridine rings is 1. The van der Waals surface area contributed by atoms with Gasteiger partial charge >= 0.3 is 5.97 Å². The first-order valence-electron chi connectivity index (χ1n) is 16.0. The minimum Gasteiger partial charge on any atom is -0.481 e. The van der Waals surface area contributed by atoms with Crippen LogP contribution < -0.4 is 10.6 Å². The molecular formula is C38H31N5O5S3. The molecule has 3 aromatic carbocycles. The number of benzene rings is 3. The Morgan fingerprint density at radius 2 is 1.55 bits per heavy atom. The molecule has 4 heterocycles. The van der Waals surface area contributed by atoms with Gasteiger partial charge in [-0.2, -0.15) is 0 Å². The van der Waals surface area contributed by atoms with E-state index in [9.17, 15) is 24.3 Å². The predicted molar refractivity (Wildman–Crippen MR) is 198 cm³/mol. The quantitative estimate of drug-likeness (QED) is 0.0467. The second-order valence-corrected chi connectivity index (χ2v) is 15.0. The smallest absolute Gasteiger partial charge is 0.316 e. The first-order valence-corrected chi connectivity index (χ1v) is 18.8. The number of aromatic nitrogens is 2. The molecule has 2 amide bonds. The number of nitrogens with one attached hydrogen (secondary N) is 2. The van der Waals surface area contributed by atoms with Crippen LogP contribution in [0.3, 0.4) is 0 Å². The number of aliphatic carboxylic acids is 1. The van der Waals surface area contributed by atoms with E-state index in [-0.39, 0.29) is 18.0 Å². The van der Waals surface area contributed by atoms with Crippen LogP contribution in [-0.2, 0) is 19.9 Å². The number of Topliss-reactive ketones (excluding diaryl/α,β-unsaturated/α-hetero) is 1. The van der Waals surface area contributed by atoms with Crippen molar-refractivity contribution in [2.45, 2.75) is 21.9 Å². The highest BCUT2D eigenvalue weighted by atomic mass is 32.2. The molecule has 2 aromatic heterocycles. The van der Waals surface area contributed by atoms with Gasteiger partial charge < -0.3 is 20.6 Å². The zero-order valence-electron chi connectivity index (χ0n) is 26.9. The van der Waals surface area contributed by atoms with Crippen molar-refractivity contribution in [3.63, 3.8) is 0 Å². The molecule has 10 nitrogen and oxygen atoms in total. The van der Waals surface area contributed by atoms with E-state index in [0.29, 0.717) is 5.13 Å². The molecule has 3 N–H and O–H groups in total. The van der Waals surface area contributed by atoms with E-state index < -0.39 is 45.9 Å². The fourth-order valence-electron chi connectivity index (χ4n) is 6.26. The molecule has 0 bridgehead atoms. The van der Waals surface area contributed by atoms with Gasteiger partial charge in [0.15, 0.2) is 5.13 Å². The van der Waals surface area contributed by atoms with E-state index in [1.165, 1.54) is 45.1 Å². The van der Waals surface area contributed by atoms with Crippen molar-refractivity contribution in [3.8, 4) is 0 Å². The number of hydrogen-bond donors (Lipinski definition) is 3. The Kier molecular flexibility index (Phi) is 9.76. The Hall–Kier alpha value is -5.24. The number of ketones is 1. The fraction of sp³-hybridized carbons (Fsp3) is 0.158. The Morgan fingerprint density at radius 3 is 2.12 bits per heavy atom. The van der Waals surface area contributed by atoms with Crippen molar-refractivity contribution < 1.29 is 24.3 Å². The number of hydrogen-bond acceptors (Lipinski definition) is 10. The average molecular weight is 734 g/mol. The van der Waals surface area contributed by atoms with Crippen LogP contribution in [0.2, 0.25) is 0 Å². The number of fused-ring (bicyclic) bond motifs is 1. The summed E-state index contributed by atoms with van der Waals surface area (Å²) < 4.78 is 0. The van der Waals surface area contributed by atoms with E-state index in [1.54, 1.807) is 29.9 Å². The van der Waals surface area contributed by atoms with Crippen LogP contribution >= 0.6 is 34.9 Å². The molecule has 13 heteroatoms. The lowest BCUT2D eigenvalue weighted by Crippen LogP contribution is -2.73. The first-order chi connectivity index (χ1) is 24.8. The molecule has 7 rings (SSSR count). The number of carbonyl (C=O) groups excluding carboxylic acids is 3. The van der Waals surface area contributed by atoms with E-state index in [1.807, 2.05) is 97.1 Å². The summed E-state index contributed by atoms with van der Waals surface area (Å²) >= 11 is 3.80. The molecule has 2 aliphatic rings. The molecule has 2 unspecified atom stereocenters. The zero-order valence-corrected chi connectivity index (χ0v) is 29.4. The highest BCUT2D eigenvalue weighted by Gasteiger charge is 2.57. The highest BCUT2D eigenvalue weighted by Crippen LogP contribution is 2.44. The van der Waals surface area contributed by atoms with Gasteiger partial charge in [-0.25, -0.2) is 4.98 Å². The topological polar surface area (TPSA) is 142 Å². The summed E-state index contributed by atoms with van der Waals surface area (Å²) in [6.07, 6.45) is 4.94. The third-order valence-corrected chi connectivity index (χ3v) is 12.0. The molecule has 0 spiro atoms. The van der Waals surface area contributed by atoms with Crippen molar-refractivity contribution in [1.29, 1.82) is 0 Å². The lowest BCUT2D eigenvalue weighted by atomic mass is 9.77. The number of carbonyl (C=O) groups is 4. The molecule has 3 atom stereocenters. The van der Waals surface area contributed by atoms with Crippen LogP contribution in [0.1, 0.15) is 27.2 Å². The summed E-state index contributed by atoms with van der Waals surface area (Å²) in [4.78, 5) is 63.1. The molecule has 0 aliphatic carbocycles. The molecule has 0 radical (unpaired) electrons. The normalized spacial score (nSPS) is 19.9. The van der Waals surface area contributed by atoms with Gasteiger partial charge in [0.1, 0.15) is 28.1 Å². The van der Waals surface area contributed by atoms with Gasteiger partial charge in [-0.05, 0) is 34.2 Å². The Bertz CT molecular complexity index is 1990. The van der Waals surface area contributed by atoms with Gasteiger partial charge in [-0.3, -0.25) is 24.2 Å². The van der Waals surface area contributed by atoms with Gasteiger partial charge in [-0.15, -0.1) is 23.1 Å². The lowest BCUT2D eigenvalue weighted by Gasteiger charge is -2.53. The number of amides is 2. The third kappa shape index (κ3) is 6.67. The Labute approximate surface area is 306 Å². The highest BCUT2D eigenvalue weighted by molar-refractivity contribution is 8.02. The fourth-order valence-corrected chi connectivity index (χ4v) is 9.28. The lowest BCUT2D eigenvalue weighted by molar-refractivity contribution is -0.156.